The molecular formula is C29H38F4Si. The number of allylic oxidation sites excluding steroid dienone is 1. The maximum atomic E-state index is 15.1. The Hall–Kier alpha value is -1.88. The molecule has 2 aromatic carbocycles. The van der Waals surface area contributed by atoms with Crippen molar-refractivity contribution in [3.8, 4) is 11.1 Å². The van der Waals surface area contributed by atoms with Crippen molar-refractivity contribution in [3.05, 3.63) is 70.4 Å². The van der Waals surface area contributed by atoms with E-state index < -0.39 is 32.1 Å². The van der Waals surface area contributed by atoms with E-state index in [1.807, 2.05) is 0 Å². The van der Waals surface area contributed by atoms with Gasteiger partial charge in [0.1, 0.15) is 0 Å². The van der Waals surface area contributed by atoms with Gasteiger partial charge in [0, 0.05) is 11.1 Å². The SMILES string of the molecule is CCC/C=C/[SiH]1CCC(c2ccc(-c3ccc(CCCCCCC)c(F)c3F)c(F)c2F)CC1. The zero-order valence-corrected chi connectivity index (χ0v) is 21.8. The molecule has 0 atom stereocenters. The molecule has 0 bridgehead atoms. The lowest BCUT2D eigenvalue weighted by atomic mass is 9.90. The Morgan fingerprint density at radius 2 is 1.41 bits per heavy atom. The van der Waals surface area contributed by atoms with Gasteiger partial charge in [0.25, 0.3) is 0 Å². The van der Waals surface area contributed by atoms with Crippen molar-refractivity contribution in [3.63, 3.8) is 0 Å². The van der Waals surface area contributed by atoms with Gasteiger partial charge in [-0.3, -0.25) is 0 Å². The van der Waals surface area contributed by atoms with Crippen LogP contribution in [-0.4, -0.2) is 8.80 Å². The largest absolute Gasteiger partial charge is 0.203 e. The molecule has 2 aromatic rings. The molecule has 1 saturated heterocycles. The van der Waals surface area contributed by atoms with Gasteiger partial charge >= 0.3 is 0 Å². The molecule has 1 aliphatic rings. The minimum Gasteiger partial charge on any atom is -0.203 e. The average Bonchev–Trinajstić information content (AvgIpc) is 2.84. The van der Waals surface area contributed by atoms with Crippen LogP contribution in [0.4, 0.5) is 17.6 Å². The zero-order chi connectivity index (χ0) is 24.5. The predicted octanol–water partition coefficient (Wildman–Crippen LogP) is 9.42. The van der Waals surface area contributed by atoms with E-state index in [2.05, 4.69) is 25.6 Å². The summed E-state index contributed by atoms with van der Waals surface area (Å²) in [7, 11) is -0.927. The van der Waals surface area contributed by atoms with Crippen LogP contribution in [0.3, 0.4) is 0 Å². The fraction of sp³-hybridized carbons (Fsp3) is 0.517. The Morgan fingerprint density at radius 3 is 2.09 bits per heavy atom. The monoisotopic (exact) mass is 490 g/mol. The number of benzene rings is 2. The molecule has 34 heavy (non-hydrogen) atoms. The molecular weight excluding hydrogens is 452 g/mol. The van der Waals surface area contributed by atoms with Gasteiger partial charge < -0.3 is 0 Å². The van der Waals surface area contributed by atoms with Crippen LogP contribution >= 0.6 is 0 Å². The third kappa shape index (κ3) is 6.62. The van der Waals surface area contributed by atoms with E-state index in [1.54, 1.807) is 6.07 Å². The molecule has 0 spiro atoms. The molecule has 0 aromatic heterocycles. The lowest BCUT2D eigenvalue weighted by Crippen LogP contribution is -2.19. The van der Waals surface area contributed by atoms with Crippen LogP contribution in [0.5, 0.6) is 0 Å². The van der Waals surface area contributed by atoms with E-state index in [9.17, 15) is 8.78 Å². The molecule has 1 fully saturated rings. The zero-order valence-electron chi connectivity index (χ0n) is 20.6. The van der Waals surface area contributed by atoms with Crippen LogP contribution in [0.2, 0.25) is 12.1 Å². The van der Waals surface area contributed by atoms with Crippen LogP contribution in [-0.2, 0) is 6.42 Å². The van der Waals surface area contributed by atoms with E-state index in [1.165, 1.54) is 18.2 Å². The van der Waals surface area contributed by atoms with Crippen molar-refractivity contribution in [2.24, 2.45) is 0 Å². The summed E-state index contributed by atoms with van der Waals surface area (Å²) in [5, 5.41) is 0. The number of hydrogen-bond acceptors (Lipinski definition) is 0. The second-order valence-corrected chi connectivity index (χ2v) is 12.8. The van der Waals surface area contributed by atoms with E-state index in [0.29, 0.717) is 17.5 Å². The smallest absolute Gasteiger partial charge is 0.167 e. The summed E-state index contributed by atoms with van der Waals surface area (Å²) < 4.78 is 59.6. The Balaban J connectivity index is 1.72. The average molecular weight is 491 g/mol. The molecule has 5 heteroatoms. The summed E-state index contributed by atoms with van der Waals surface area (Å²) in [4.78, 5) is 0. The van der Waals surface area contributed by atoms with Crippen LogP contribution in [0.25, 0.3) is 11.1 Å². The van der Waals surface area contributed by atoms with E-state index in [0.717, 1.165) is 69.9 Å². The van der Waals surface area contributed by atoms with Gasteiger partial charge in [-0.25, -0.2) is 17.6 Å². The minimum atomic E-state index is -1.09. The molecule has 0 unspecified atom stereocenters. The standard InChI is InChI=1S/C29H38F4Si/c1-3-5-7-8-9-11-22-12-13-24(28(32)26(22)30)25-15-14-23(27(31)29(25)33)21-16-19-34(20-17-21)18-10-6-4-2/h10,12-15,18,21,34H,3-9,11,16-17,19-20H2,1-2H3/b18-10+. The molecule has 0 N–H and O–H groups in total. The number of unbranched alkanes of at least 4 members (excludes halogenated alkanes) is 5. The van der Waals surface area contributed by atoms with Gasteiger partial charge in [-0.2, -0.15) is 0 Å². The van der Waals surface area contributed by atoms with Crippen molar-refractivity contribution in [1.82, 2.24) is 0 Å². The molecule has 0 nitrogen and oxygen atoms in total. The third-order valence-corrected chi connectivity index (χ3v) is 10.2. The highest BCUT2D eigenvalue weighted by atomic mass is 28.3. The first kappa shape index (κ1) is 26.7. The van der Waals surface area contributed by atoms with E-state index in [-0.39, 0.29) is 17.0 Å². The molecule has 0 aliphatic carbocycles. The Labute approximate surface area is 204 Å². The molecule has 1 heterocycles. The van der Waals surface area contributed by atoms with Gasteiger partial charge in [0.2, 0.25) is 0 Å². The third-order valence-electron chi connectivity index (χ3n) is 7.19. The number of aryl methyl sites for hydroxylation is 1. The Bertz CT molecular complexity index is 961. The first-order chi connectivity index (χ1) is 16.5. The summed E-state index contributed by atoms with van der Waals surface area (Å²) in [6.07, 6.45) is 11.8. The van der Waals surface area contributed by atoms with Crippen LogP contribution in [0, 0.1) is 23.3 Å². The summed E-state index contributed by atoms with van der Waals surface area (Å²) in [5.74, 6) is -4.04. The Morgan fingerprint density at radius 1 is 0.765 bits per heavy atom. The number of halogens is 4. The van der Waals surface area contributed by atoms with Crippen molar-refractivity contribution in [2.75, 3.05) is 0 Å². The molecule has 186 valence electrons. The lowest BCUT2D eigenvalue weighted by molar-refractivity contribution is 0.476. The highest BCUT2D eigenvalue weighted by Crippen LogP contribution is 2.38. The number of rotatable bonds is 11. The molecule has 1 aliphatic heterocycles. The minimum absolute atomic E-state index is 0.0106. The maximum Gasteiger partial charge on any atom is 0.167 e. The topological polar surface area (TPSA) is 0 Å². The van der Waals surface area contributed by atoms with E-state index in [4.69, 9.17) is 0 Å². The van der Waals surface area contributed by atoms with Gasteiger partial charge in [-0.1, -0.05) is 88.4 Å². The predicted molar refractivity (Wildman–Crippen MR) is 137 cm³/mol. The highest BCUT2D eigenvalue weighted by molar-refractivity contribution is 6.64. The molecule has 0 amide bonds. The van der Waals surface area contributed by atoms with Gasteiger partial charge in [0.15, 0.2) is 23.3 Å². The maximum absolute atomic E-state index is 15.1. The summed E-state index contributed by atoms with van der Waals surface area (Å²) in [6.45, 7) is 4.29. The van der Waals surface area contributed by atoms with Crippen molar-refractivity contribution in [1.29, 1.82) is 0 Å². The number of hydrogen-bond donors (Lipinski definition) is 0. The second kappa shape index (κ2) is 13.3. The first-order valence-corrected chi connectivity index (χ1v) is 15.4. The van der Waals surface area contributed by atoms with Gasteiger partial charge in [0.05, 0.1) is 8.80 Å². The summed E-state index contributed by atoms with van der Waals surface area (Å²) in [6, 6.07) is 8.07. The van der Waals surface area contributed by atoms with Crippen LogP contribution in [0.1, 0.15) is 88.7 Å². The quantitative estimate of drug-likeness (QED) is 0.167. The first-order valence-electron chi connectivity index (χ1n) is 13.1. The molecule has 0 saturated carbocycles. The summed E-state index contributed by atoms with van der Waals surface area (Å²) >= 11 is 0. The highest BCUT2D eigenvalue weighted by Gasteiger charge is 2.27. The second-order valence-electron chi connectivity index (χ2n) is 9.72. The normalized spacial score (nSPS) is 18.6. The van der Waals surface area contributed by atoms with Gasteiger partial charge in [-0.05, 0) is 49.1 Å². The van der Waals surface area contributed by atoms with Crippen molar-refractivity contribution >= 4 is 8.80 Å². The fourth-order valence-electron chi connectivity index (χ4n) is 5.08. The van der Waals surface area contributed by atoms with Crippen molar-refractivity contribution in [2.45, 2.75) is 96.1 Å². The lowest BCUT2D eigenvalue weighted by Gasteiger charge is -2.27. The summed E-state index contributed by atoms with van der Waals surface area (Å²) in [5.41, 5.74) is 2.64. The fourth-order valence-corrected chi connectivity index (χ4v) is 7.99. The van der Waals surface area contributed by atoms with Crippen molar-refractivity contribution < 1.29 is 17.6 Å². The van der Waals surface area contributed by atoms with Crippen LogP contribution in [0.15, 0.2) is 36.0 Å². The molecule has 3 rings (SSSR count). The van der Waals surface area contributed by atoms with Crippen LogP contribution < -0.4 is 0 Å². The van der Waals surface area contributed by atoms with E-state index >= 15 is 8.78 Å². The Kier molecular flexibility index (Phi) is 10.4. The molecule has 0 radical (unpaired) electrons. The van der Waals surface area contributed by atoms with Gasteiger partial charge in [-0.15, -0.1) is 5.70 Å².